The predicted octanol–water partition coefficient (Wildman–Crippen LogP) is 4.97. The normalized spacial score (nSPS) is 21.6. The van der Waals surface area contributed by atoms with Gasteiger partial charge in [0.15, 0.2) is 0 Å². The summed E-state index contributed by atoms with van der Waals surface area (Å²) in [4.78, 5) is 30.7. The topological polar surface area (TPSA) is 65.2 Å². The van der Waals surface area contributed by atoms with E-state index in [2.05, 4.69) is 29.9 Å². The number of hydrogen-bond acceptors (Lipinski definition) is 2. The number of nitrogens with one attached hydrogen (secondary N) is 2. The van der Waals surface area contributed by atoms with Gasteiger partial charge in [0.25, 0.3) is 5.91 Å². The maximum atomic E-state index is 12.9. The molecule has 0 unspecified atom stereocenters. The summed E-state index contributed by atoms with van der Waals surface area (Å²) < 4.78 is 0. The van der Waals surface area contributed by atoms with Crippen LogP contribution < -0.4 is 5.32 Å². The predicted molar refractivity (Wildman–Crippen MR) is 126 cm³/mol. The zero-order valence-corrected chi connectivity index (χ0v) is 19.4. The number of allylic oxidation sites excluding steroid dienone is 1. The number of amides is 2. The molecule has 3 rings (SSSR count). The summed E-state index contributed by atoms with van der Waals surface area (Å²) in [6.45, 7) is 8.30. The van der Waals surface area contributed by atoms with Crippen LogP contribution in [0.1, 0.15) is 69.7 Å². The Hall–Kier alpha value is -2.27. The van der Waals surface area contributed by atoms with E-state index in [1.54, 1.807) is 6.08 Å². The lowest BCUT2D eigenvalue weighted by molar-refractivity contribution is -0.133. The van der Waals surface area contributed by atoms with Crippen LogP contribution in [0.25, 0.3) is 0 Å². The molecular formula is C25H34ClN3O2. The summed E-state index contributed by atoms with van der Waals surface area (Å²) in [7, 11) is 0. The SMILES string of the molecule is C=C(/C=C\C(=C/C)C(=O)NC1CCC1)[C@H]1c2[nH]ccc2C[C@H](CCCC)N1C(=O)CCl. The van der Waals surface area contributed by atoms with Gasteiger partial charge in [-0.1, -0.05) is 38.5 Å². The Morgan fingerprint density at radius 2 is 2.13 bits per heavy atom. The second kappa shape index (κ2) is 10.9. The lowest BCUT2D eigenvalue weighted by Crippen LogP contribution is -2.48. The lowest BCUT2D eigenvalue weighted by Gasteiger charge is -2.42. The first-order chi connectivity index (χ1) is 15.0. The molecule has 1 aromatic heterocycles. The number of fused-ring (bicyclic) bond motifs is 1. The van der Waals surface area contributed by atoms with Gasteiger partial charge in [-0.15, -0.1) is 11.6 Å². The molecular weight excluding hydrogens is 410 g/mol. The van der Waals surface area contributed by atoms with E-state index in [4.69, 9.17) is 11.6 Å². The monoisotopic (exact) mass is 443 g/mol. The van der Waals surface area contributed by atoms with Crippen LogP contribution in [0.3, 0.4) is 0 Å². The van der Waals surface area contributed by atoms with Crippen molar-refractivity contribution in [3.05, 3.63) is 59.5 Å². The van der Waals surface area contributed by atoms with Crippen molar-refractivity contribution in [2.75, 3.05) is 5.88 Å². The van der Waals surface area contributed by atoms with Gasteiger partial charge in [-0.2, -0.15) is 0 Å². The zero-order valence-electron chi connectivity index (χ0n) is 18.6. The Labute approximate surface area is 190 Å². The van der Waals surface area contributed by atoms with Crippen molar-refractivity contribution in [3.63, 3.8) is 0 Å². The van der Waals surface area contributed by atoms with Gasteiger partial charge >= 0.3 is 0 Å². The van der Waals surface area contributed by atoms with Crippen LogP contribution in [0.2, 0.25) is 0 Å². The number of aromatic nitrogens is 1. The van der Waals surface area contributed by atoms with Crippen LogP contribution >= 0.6 is 11.6 Å². The number of carbonyl (C=O) groups excluding carboxylic acids is 2. The Morgan fingerprint density at radius 3 is 2.74 bits per heavy atom. The first-order valence-corrected chi connectivity index (χ1v) is 11.9. The number of carbonyl (C=O) groups is 2. The maximum Gasteiger partial charge on any atom is 0.251 e. The summed E-state index contributed by atoms with van der Waals surface area (Å²) >= 11 is 6.00. The Morgan fingerprint density at radius 1 is 1.35 bits per heavy atom. The zero-order chi connectivity index (χ0) is 22.4. The number of hydrogen-bond donors (Lipinski definition) is 2. The number of alkyl halides is 1. The van der Waals surface area contributed by atoms with Gasteiger partial charge in [-0.25, -0.2) is 0 Å². The van der Waals surface area contributed by atoms with Gasteiger partial charge in [0.2, 0.25) is 5.91 Å². The molecule has 2 amide bonds. The molecule has 2 aliphatic rings. The number of rotatable bonds is 9. The molecule has 2 N–H and O–H groups in total. The van der Waals surface area contributed by atoms with Gasteiger partial charge in [0, 0.05) is 29.5 Å². The third-order valence-electron chi connectivity index (χ3n) is 6.40. The molecule has 1 aromatic rings. The number of aromatic amines is 1. The van der Waals surface area contributed by atoms with E-state index >= 15 is 0 Å². The molecule has 0 spiro atoms. The van der Waals surface area contributed by atoms with Gasteiger partial charge in [-0.3, -0.25) is 9.59 Å². The highest BCUT2D eigenvalue weighted by Crippen LogP contribution is 2.39. The van der Waals surface area contributed by atoms with E-state index < -0.39 is 0 Å². The van der Waals surface area contributed by atoms with Gasteiger partial charge in [0.1, 0.15) is 5.88 Å². The molecule has 0 aromatic carbocycles. The van der Waals surface area contributed by atoms with E-state index in [1.807, 2.05) is 30.2 Å². The summed E-state index contributed by atoms with van der Waals surface area (Å²) in [6, 6.07) is 2.16. The molecule has 0 radical (unpaired) electrons. The molecule has 6 heteroatoms. The van der Waals surface area contributed by atoms with Crippen molar-refractivity contribution >= 4 is 23.4 Å². The van der Waals surface area contributed by atoms with Crippen molar-refractivity contribution in [1.29, 1.82) is 0 Å². The fraction of sp³-hybridized carbons (Fsp3) is 0.520. The third-order valence-corrected chi connectivity index (χ3v) is 6.63. The molecule has 168 valence electrons. The molecule has 31 heavy (non-hydrogen) atoms. The highest BCUT2D eigenvalue weighted by atomic mass is 35.5. The molecule has 2 atom stereocenters. The molecule has 1 saturated carbocycles. The highest BCUT2D eigenvalue weighted by Gasteiger charge is 2.38. The molecule has 1 aliphatic heterocycles. The average Bonchev–Trinajstić information content (AvgIpc) is 3.21. The van der Waals surface area contributed by atoms with Crippen molar-refractivity contribution in [2.45, 2.75) is 76.9 Å². The molecule has 1 fully saturated rings. The fourth-order valence-electron chi connectivity index (χ4n) is 4.42. The van der Waals surface area contributed by atoms with Crippen molar-refractivity contribution in [3.8, 4) is 0 Å². The quantitative estimate of drug-likeness (QED) is 0.321. The number of halogens is 1. The molecule has 5 nitrogen and oxygen atoms in total. The first kappa shape index (κ1) is 23.4. The van der Waals surface area contributed by atoms with Gasteiger partial charge < -0.3 is 15.2 Å². The smallest absolute Gasteiger partial charge is 0.251 e. The minimum Gasteiger partial charge on any atom is -0.363 e. The number of unbranched alkanes of at least 4 members (excludes halogenated alkanes) is 1. The van der Waals surface area contributed by atoms with Crippen LogP contribution in [0.4, 0.5) is 0 Å². The van der Waals surface area contributed by atoms with Crippen LogP contribution in [0, 0.1) is 0 Å². The second-order valence-electron chi connectivity index (χ2n) is 8.51. The van der Waals surface area contributed by atoms with Crippen molar-refractivity contribution in [1.82, 2.24) is 15.2 Å². The van der Waals surface area contributed by atoms with Crippen LogP contribution in [0.5, 0.6) is 0 Å². The number of nitrogens with zero attached hydrogens (tertiary/aromatic N) is 1. The van der Waals surface area contributed by atoms with E-state index in [0.29, 0.717) is 5.57 Å². The maximum absolute atomic E-state index is 12.9. The second-order valence-corrected chi connectivity index (χ2v) is 8.77. The Bertz CT molecular complexity index is 866. The highest BCUT2D eigenvalue weighted by molar-refractivity contribution is 6.27. The van der Waals surface area contributed by atoms with Crippen LogP contribution in [-0.2, 0) is 16.0 Å². The third kappa shape index (κ3) is 5.32. The van der Waals surface area contributed by atoms with E-state index in [-0.39, 0.29) is 35.8 Å². The summed E-state index contributed by atoms with van der Waals surface area (Å²) in [6.07, 6.45) is 14.5. The lowest BCUT2D eigenvalue weighted by atomic mass is 9.87. The van der Waals surface area contributed by atoms with E-state index in [1.165, 1.54) is 12.0 Å². The Kier molecular flexibility index (Phi) is 8.19. The standard InChI is InChI=1S/C25H34ClN3O2/c1-4-6-10-21-15-19-13-14-27-23(19)24(29(21)22(30)16-26)17(3)11-12-18(5-2)25(31)28-20-8-7-9-20/h5,11-14,20-21,24,27H,3-4,6-10,15-16H2,1-2H3,(H,28,31)/b12-11-,18-5+/t21-,24-/m0/s1. The van der Waals surface area contributed by atoms with E-state index in [9.17, 15) is 9.59 Å². The summed E-state index contributed by atoms with van der Waals surface area (Å²) in [5.41, 5.74) is 3.57. The Balaban J connectivity index is 1.84. The van der Waals surface area contributed by atoms with Crippen molar-refractivity contribution < 1.29 is 9.59 Å². The molecule has 0 saturated heterocycles. The van der Waals surface area contributed by atoms with Crippen LogP contribution in [-0.4, -0.2) is 39.7 Å². The molecule has 1 aliphatic carbocycles. The van der Waals surface area contributed by atoms with Gasteiger partial charge in [0.05, 0.1) is 6.04 Å². The van der Waals surface area contributed by atoms with E-state index in [0.717, 1.165) is 49.8 Å². The largest absolute Gasteiger partial charge is 0.363 e. The summed E-state index contributed by atoms with van der Waals surface area (Å²) in [5, 5.41) is 3.07. The van der Waals surface area contributed by atoms with Crippen LogP contribution in [0.15, 0.2) is 48.2 Å². The van der Waals surface area contributed by atoms with Crippen molar-refractivity contribution in [2.24, 2.45) is 0 Å². The van der Waals surface area contributed by atoms with Gasteiger partial charge in [-0.05, 0) is 62.3 Å². The summed E-state index contributed by atoms with van der Waals surface area (Å²) in [5.74, 6) is -0.206. The molecule has 2 heterocycles. The fourth-order valence-corrected chi connectivity index (χ4v) is 4.56. The average molecular weight is 444 g/mol. The minimum absolute atomic E-state index is 0.0595. The number of H-pyrrole nitrogens is 1. The first-order valence-electron chi connectivity index (χ1n) is 11.4. The molecule has 0 bridgehead atoms. The minimum atomic E-state index is -0.309.